The van der Waals surface area contributed by atoms with Gasteiger partial charge >= 0.3 is 0 Å². The molecule has 454 valence electrons. The predicted octanol–water partition coefficient (Wildman–Crippen LogP) is 16.3. The predicted molar refractivity (Wildman–Crippen MR) is 334 cm³/mol. The van der Waals surface area contributed by atoms with Crippen LogP contribution in [0.5, 0.6) is 0 Å². The van der Waals surface area contributed by atoms with Crippen molar-refractivity contribution in [2.45, 2.75) is 220 Å². The number of sulfonamides is 2. The Morgan fingerprint density at radius 2 is 0.768 bits per heavy atom. The molecule has 0 amide bonds. The average Bonchev–Trinajstić information content (AvgIpc) is 3.80. The summed E-state index contributed by atoms with van der Waals surface area (Å²) in [4.78, 5) is 9.57. The maximum atomic E-state index is 14.4. The molecule has 0 radical (unpaired) electrons. The van der Waals surface area contributed by atoms with Gasteiger partial charge in [-0.1, -0.05) is 174 Å². The van der Waals surface area contributed by atoms with Gasteiger partial charge in [-0.25, -0.2) is 26.8 Å². The van der Waals surface area contributed by atoms with Crippen LogP contribution in [0, 0.1) is 23.7 Å². The second kappa shape index (κ2) is 30.9. The molecule has 3 heterocycles. The Morgan fingerprint density at radius 3 is 1.02 bits per heavy atom. The summed E-state index contributed by atoms with van der Waals surface area (Å²) < 4.78 is 64.1. The number of azo groups is 2. The van der Waals surface area contributed by atoms with Crippen LogP contribution in [0.3, 0.4) is 0 Å². The van der Waals surface area contributed by atoms with E-state index in [2.05, 4.69) is 85.8 Å². The summed E-state index contributed by atoms with van der Waals surface area (Å²) in [5.41, 5.74) is 15.4. The van der Waals surface area contributed by atoms with Crippen molar-refractivity contribution in [3.8, 4) is 11.6 Å². The van der Waals surface area contributed by atoms with Crippen LogP contribution in [-0.4, -0.2) is 81.2 Å². The van der Waals surface area contributed by atoms with Gasteiger partial charge in [0.25, 0.3) is 0 Å². The quantitative estimate of drug-likeness (QED) is 0.0369. The number of hydrogen-bond acceptors (Lipinski definition) is 14. The largest absolute Gasteiger partial charge is 0.382 e. The van der Waals surface area contributed by atoms with Crippen molar-refractivity contribution in [2.75, 3.05) is 37.6 Å². The van der Waals surface area contributed by atoms with Gasteiger partial charge in [0.15, 0.2) is 34.6 Å². The second-order valence-corrected chi connectivity index (χ2v) is 28.3. The van der Waals surface area contributed by atoms with Gasteiger partial charge in [0, 0.05) is 43.1 Å². The third-order valence-corrected chi connectivity index (χ3v) is 19.5. The first-order chi connectivity index (χ1) is 38.9. The number of unbranched alkanes of at least 4 members (excludes halogenated alkanes) is 4. The summed E-state index contributed by atoms with van der Waals surface area (Å²) in [5, 5.41) is 28.3. The second-order valence-electron chi connectivity index (χ2n) is 24.4. The maximum Gasteiger partial charge on any atom is 0.243 e. The minimum atomic E-state index is -3.80. The number of aromatic nitrogens is 6. The lowest BCUT2D eigenvalue weighted by atomic mass is 9.91. The zero-order valence-electron chi connectivity index (χ0n) is 52.2. The summed E-state index contributed by atoms with van der Waals surface area (Å²) in [5.74, 6) is 2.12. The number of nitrogens with two attached hydrogens (primary N) is 2. The molecule has 20 heteroatoms. The first kappa shape index (κ1) is 67.4. The monoisotopic (exact) mass is 1170 g/mol. The van der Waals surface area contributed by atoms with Gasteiger partial charge in [-0.05, 0) is 97.9 Å². The van der Waals surface area contributed by atoms with Crippen LogP contribution in [0.4, 0.5) is 34.4 Å². The Bertz CT molecular complexity index is 2810. The van der Waals surface area contributed by atoms with E-state index in [1.165, 1.54) is 15.7 Å². The average molecular weight is 1170 g/mol. The fourth-order valence-electron chi connectivity index (χ4n) is 10.2. The van der Waals surface area contributed by atoms with E-state index in [-0.39, 0.29) is 45.1 Å². The van der Waals surface area contributed by atoms with E-state index in [9.17, 15) is 16.8 Å². The number of hydrogen-bond donors (Lipinski definition) is 2. The van der Waals surface area contributed by atoms with Crippen molar-refractivity contribution >= 4 is 54.4 Å². The Hall–Kier alpha value is -5.44. The van der Waals surface area contributed by atoms with E-state index >= 15 is 0 Å². The molecule has 0 aliphatic carbocycles. The van der Waals surface area contributed by atoms with Crippen molar-refractivity contribution in [3.05, 3.63) is 72.3 Å². The SMILES string of the molecule is CCCCC(CC)CN(CC(CC)CCCC)S(=O)(=O)c1ccc(/N=N/c2c(C(C)(C)C)nn(-c3cc(-n4nc(C(C)(C)C)c(/N=N/c5ccc(S(=O)(=O)N(CC(CC)CCCC)CC(CC)CCCC)cc5)c4N)ncn3)c2N)cc1. The van der Waals surface area contributed by atoms with Gasteiger partial charge in [-0.15, -0.1) is 10.2 Å². The lowest BCUT2D eigenvalue weighted by Crippen LogP contribution is -2.39. The first-order valence-corrected chi connectivity index (χ1v) is 33.4. The van der Waals surface area contributed by atoms with Crippen LogP contribution in [0.15, 0.2) is 91.2 Å². The molecule has 18 nitrogen and oxygen atoms in total. The molecule has 5 rings (SSSR count). The highest BCUT2D eigenvalue weighted by Gasteiger charge is 2.33. The smallest absolute Gasteiger partial charge is 0.243 e. The molecule has 4 N–H and O–H groups in total. The summed E-state index contributed by atoms with van der Waals surface area (Å²) in [6, 6.07) is 14.8. The van der Waals surface area contributed by atoms with E-state index in [0.717, 1.165) is 103 Å². The highest BCUT2D eigenvalue weighted by atomic mass is 32.2. The third-order valence-electron chi connectivity index (χ3n) is 15.8. The first-order valence-electron chi connectivity index (χ1n) is 30.6. The van der Waals surface area contributed by atoms with E-state index in [1.54, 1.807) is 63.2 Å². The van der Waals surface area contributed by atoms with Crippen LogP contribution >= 0.6 is 0 Å². The van der Waals surface area contributed by atoms with Gasteiger partial charge in [0.2, 0.25) is 20.0 Å². The van der Waals surface area contributed by atoms with E-state index in [1.807, 2.05) is 41.5 Å². The minimum absolute atomic E-state index is 0.175. The number of nitrogen functional groups attached to an aromatic ring is 2. The molecule has 5 aromatic rings. The summed E-state index contributed by atoms with van der Waals surface area (Å²) in [6.07, 6.45) is 17.6. The molecule has 0 aliphatic rings. The van der Waals surface area contributed by atoms with Crippen LogP contribution in [0.25, 0.3) is 11.6 Å². The zero-order chi connectivity index (χ0) is 60.4. The summed E-state index contributed by atoms with van der Waals surface area (Å²) >= 11 is 0. The highest BCUT2D eigenvalue weighted by molar-refractivity contribution is 7.89. The Balaban J connectivity index is 1.44. The Labute approximate surface area is 493 Å². The minimum Gasteiger partial charge on any atom is -0.382 e. The lowest BCUT2D eigenvalue weighted by Gasteiger charge is -2.30. The normalized spacial score (nSPS) is 14.4. The number of rotatable bonds is 34. The highest BCUT2D eigenvalue weighted by Crippen LogP contribution is 2.40. The molecular formula is C62H100N14O4S2. The van der Waals surface area contributed by atoms with Gasteiger partial charge < -0.3 is 11.5 Å². The molecule has 0 saturated heterocycles. The van der Waals surface area contributed by atoms with E-state index < -0.39 is 30.9 Å². The van der Waals surface area contributed by atoms with Gasteiger partial charge in [0.05, 0.1) is 32.6 Å². The van der Waals surface area contributed by atoms with Crippen LogP contribution < -0.4 is 11.5 Å². The van der Waals surface area contributed by atoms with Crippen LogP contribution in [0.2, 0.25) is 0 Å². The molecule has 4 atom stereocenters. The van der Waals surface area contributed by atoms with Crippen LogP contribution in [0.1, 0.15) is 211 Å². The summed E-state index contributed by atoms with van der Waals surface area (Å²) in [7, 11) is -7.60. The van der Waals surface area contributed by atoms with E-state index in [4.69, 9.17) is 21.7 Å². The fourth-order valence-corrected chi connectivity index (χ4v) is 13.4. The maximum absolute atomic E-state index is 14.4. The van der Waals surface area contributed by atoms with Gasteiger partial charge in [0.1, 0.15) is 6.33 Å². The third kappa shape index (κ3) is 17.8. The fraction of sp³-hybridized carbons (Fsp3) is 0.645. The zero-order valence-corrected chi connectivity index (χ0v) is 53.8. The van der Waals surface area contributed by atoms with Crippen LogP contribution in [-0.2, 0) is 30.9 Å². The van der Waals surface area contributed by atoms with E-state index in [0.29, 0.717) is 72.0 Å². The molecular weight excluding hydrogens is 1070 g/mol. The summed E-state index contributed by atoms with van der Waals surface area (Å²) in [6.45, 7) is 31.3. The van der Waals surface area contributed by atoms with Crippen molar-refractivity contribution in [1.29, 1.82) is 0 Å². The van der Waals surface area contributed by atoms with Crippen molar-refractivity contribution in [2.24, 2.45) is 44.1 Å². The molecule has 0 aliphatic heterocycles. The van der Waals surface area contributed by atoms with Gasteiger partial charge in [-0.3, -0.25) is 0 Å². The molecule has 0 saturated carbocycles. The number of benzene rings is 2. The molecule has 2 aromatic carbocycles. The Kier molecular flexibility index (Phi) is 25.4. The topological polar surface area (TPSA) is 238 Å². The molecule has 82 heavy (non-hydrogen) atoms. The lowest BCUT2D eigenvalue weighted by molar-refractivity contribution is 0.270. The molecule has 4 unspecified atom stereocenters. The Morgan fingerprint density at radius 1 is 0.476 bits per heavy atom. The molecule has 0 fully saturated rings. The standard InChI is InChI=1S/C62H100N14O4S2/c1-15-23-27-45(19-5)40-73(41-46(20-6)28-24-16-2)81(77,78)51-35-31-49(32-36-51)67-69-55-57(61(9,10)11)71-75(59(55)63)53-39-54(66-44-65-53)76-60(64)56(58(72-76)62(12,13)14)70-68-50-33-37-52(38-34-50)82(79,80)74(42-47(21-7)29-25-17-3)43-48(22-8)30-26-18-4/h31-39,44-48H,15-30,40-43,63-64H2,1-14H3/b69-67+,70-68+. The molecule has 0 spiro atoms. The van der Waals surface area contributed by atoms with Crippen molar-refractivity contribution in [1.82, 2.24) is 38.1 Å². The van der Waals surface area contributed by atoms with Gasteiger partial charge in [-0.2, -0.15) is 38.4 Å². The molecule has 3 aromatic heterocycles. The molecule has 0 bridgehead atoms. The number of anilines is 2. The number of nitrogens with zero attached hydrogens (tertiary/aromatic N) is 12. The van der Waals surface area contributed by atoms with Crippen molar-refractivity contribution in [3.63, 3.8) is 0 Å². The van der Waals surface area contributed by atoms with Crippen molar-refractivity contribution < 1.29 is 16.8 Å².